The standard InChI is InChI=1S/C11H16N2O2S/c1-13(8-4-2-3-5-9(8)14)11(15)10-6-12-7-16-10/h6-9,14H,2-5H2,1H3. The Morgan fingerprint density at radius 3 is 2.94 bits per heavy atom. The van der Waals surface area contributed by atoms with Crippen molar-refractivity contribution in [2.75, 3.05) is 7.05 Å². The minimum absolute atomic E-state index is 0.0338. The third kappa shape index (κ3) is 2.25. The van der Waals surface area contributed by atoms with Crippen LogP contribution < -0.4 is 0 Å². The van der Waals surface area contributed by atoms with Crippen molar-refractivity contribution in [3.8, 4) is 0 Å². The van der Waals surface area contributed by atoms with Gasteiger partial charge in [-0.3, -0.25) is 9.78 Å². The van der Waals surface area contributed by atoms with Crippen molar-refractivity contribution in [1.29, 1.82) is 0 Å². The lowest BCUT2D eigenvalue weighted by molar-refractivity contribution is 0.0271. The summed E-state index contributed by atoms with van der Waals surface area (Å²) in [7, 11) is 1.77. The van der Waals surface area contributed by atoms with Crippen LogP contribution in [-0.2, 0) is 0 Å². The third-order valence-electron chi connectivity index (χ3n) is 3.15. The molecule has 88 valence electrons. The molecule has 1 amide bonds. The van der Waals surface area contributed by atoms with Crippen molar-refractivity contribution in [2.24, 2.45) is 0 Å². The Kier molecular flexibility index (Phi) is 3.56. The maximum Gasteiger partial charge on any atom is 0.265 e. The van der Waals surface area contributed by atoms with E-state index in [0.29, 0.717) is 4.88 Å². The molecule has 16 heavy (non-hydrogen) atoms. The first-order valence-electron chi connectivity index (χ1n) is 5.54. The highest BCUT2D eigenvalue weighted by Crippen LogP contribution is 2.24. The minimum Gasteiger partial charge on any atom is -0.391 e. The van der Waals surface area contributed by atoms with Crippen LogP contribution in [0.5, 0.6) is 0 Å². The lowest BCUT2D eigenvalue weighted by Gasteiger charge is -2.34. The van der Waals surface area contributed by atoms with Crippen molar-refractivity contribution >= 4 is 17.2 Å². The molecule has 5 heteroatoms. The fraction of sp³-hybridized carbons (Fsp3) is 0.636. The van der Waals surface area contributed by atoms with E-state index in [9.17, 15) is 9.90 Å². The van der Waals surface area contributed by atoms with E-state index in [1.54, 1.807) is 23.7 Å². The van der Waals surface area contributed by atoms with E-state index < -0.39 is 0 Å². The first-order valence-corrected chi connectivity index (χ1v) is 6.42. The van der Waals surface area contributed by atoms with Gasteiger partial charge in [0.05, 0.1) is 23.9 Å². The van der Waals surface area contributed by atoms with Crippen LogP contribution in [0.15, 0.2) is 11.7 Å². The van der Waals surface area contributed by atoms with Gasteiger partial charge >= 0.3 is 0 Å². The number of likely N-dealkylation sites (N-methyl/N-ethyl adjacent to an activating group) is 1. The van der Waals surface area contributed by atoms with E-state index in [4.69, 9.17) is 0 Å². The Hall–Kier alpha value is -0.940. The average Bonchev–Trinajstić information content (AvgIpc) is 2.81. The Morgan fingerprint density at radius 2 is 2.31 bits per heavy atom. The maximum atomic E-state index is 12.0. The van der Waals surface area contributed by atoms with Gasteiger partial charge in [-0.25, -0.2) is 0 Å². The first kappa shape index (κ1) is 11.5. The summed E-state index contributed by atoms with van der Waals surface area (Å²) in [4.78, 5) is 18.2. The fourth-order valence-electron chi connectivity index (χ4n) is 2.19. The van der Waals surface area contributed by atoms with E-state index in [2.05, 4.69) is 4.98 Å². The molecular formula is C11H16N2O2S. The lowest BCUT2D eigenvalue weighted by atomic mass is 9.91. The summed E-state index contributed by atoms with van der Waals surface area (Å²) in [5.74, 6) is -0.0338. The second kappa shape index (κ2) is 4.93. The molecule has 1 saturated carbocycles. The largest absolute Gasteiger partial charge is 0.391 e. The SMILES string of the molecule is CN(C(=O)c1cncs1)C1CCCCC1O. The van der Waals surface area contributed by atoms with Gasteiger partial charge < -0.3 is 10.0 Å². The predicted octanol–water partition coefficient (Wildman–Crippen LogP) is 1.52. The molecule has 1 heterocycles. The third-order valence-corrected chi connectivity index (χ3v) is 3.92. The molecule has 1 aromatic heterocycles. The molecule has 2 atom stereocenters. The van der Waals surface area contributed by atoms with Crippen LogP contribution in [0.1, 0.15) is 35.4 Å². The van der Waals surface area contributed by atoms with E-state index in [0.717, 1.165) is 25.7 Å². The monoisotopic (exact) mass is 240 g/mol. The van der Waals surface area contributed by atoms with Gasteiger partial charge in [0.25, 0.3) is 5.91 Å². The number of aliphatic hydroxyl groups excluding tert-OH is 1. The van der Waals surface area contributed by atoms with Crippen molar-refractivity contribution in [3.05, 3.63) is 16.6 Å². The number of aliphatic hydroxyl groups is 1. The zero-order valence-corrected chi connectivity index (χ0v) is 10.1. The Labute approximate surface area is 98.9 Å². The highest BCUT2D eigenvalue weighted by Gasteiger charge is 2.30. The highest BCUT2D eigenvalue weighted by atomic mass is 32.1. The Bertz CT molecular complexity index is 353. The van der Waals surface area contributed by atoms with E-state index in [1.807, 2.05) is 0 Å². The molecule has 0 aromatic carbocycles. The Balaban J connectivity index is 2.06. The van der Waals surface area contributed by atoms with Crippen LogP contribution in [0.25, 0.3) is 0 Å². The number of rotatable bonds is 2. The number of hydrogen-bond acceptors (Lipinski definition) is 4. The van der Waals surface area contributed by atoms with Gasteiger partial charge in [0, 0.05) is 7.05 Å². The molecule has 0 aliphatic heterocycles. The molecule has 0 saturated heterocycles. The molecule has 1 N–H and O–H groups in total. The van der Waals surface area contributed by atoms with Gasteiger partial charge in [-0.15, -0.1) is 11.3 Å². The topological polar surface area (TPSA) is 53.4 Å². The molecule has 1 aliphatic carbocycles. The quantitative estimate of drug-likeness (QED) is 0.852. The van der Waals surface area contributed by atoms with Crippen molar-refractivity contribution in [1.82, 2.24) is 9.88 Å². The van der Waals surface area contributed by atoms with Crippen LogP contribution in [0, 0.1) is 0 Å². The molecule has 1 fully saturated rings. The van der Waals surface area contributed by atoms with E-state index >= 15 is 0 Å². The van der Waals surface area contributed by atoms with Gasteiger partial charge in [0.2, 0.25) is 0 Å². The summed E-state index contributed by atoms with van der Waals surface area (Å²) < 4.78 is 0. The molecule has 0 radical (unpaired) electrons. The summed E-state index contributed by atoms with van der Waals surface area (Å²) >= 11 is 1.34. The summed E-state index contributed by atoms with van der Waals surface area (Å²) in [5.41, 5.74) is 1.65. The maximum absolute atomic E-state index is 12.0. The van der Waals surface area contributed by atoms with Gasteiger partial charge in [-0.2, -0.15) is 0 Å². The summed E-state index contributed by atoms with van der Waals surface area (Å²) in [5, 5.41) is 9.88. The van der Waals surface area contributed by atoms with Crippen LogP contribution in [-0.4, -0.2) is 40.1 Å². The lowest BCUT2D eigenvalue weighted by Crippen LogP contribution is -2.46. The molecule has 0 bridgehead atoms. The summed E-state index contributed by atoms with van der Waals surface area (Å²) in [6, 6.07) is -0.0386. The van der Waals surface area contributed by atoms with E-state index in [-0.39, 0.29) is 18.1 Å². The normalized spacial score (nSPS) is 25.4. The second-order valence-corrected chi connectivity index (χ2v) is 5.09. The van der Waals surface area contributed by atoms with Crippen molar-refractivity contribution < 1.29 is 9.90 Å². The van der Waals surface area contributed by atoms with Crippen LogP contribution >= 0.6 is 11.3 Å². The molecule has 0 spiro atoms. The van der Waals surface area contributed by atoms with E-state index in [1.165, 1.54) is 11.3 Å². The highest BCUT2D eigenvalue weighted by molar-refractivity contribution is 7.11. The van der Waals surface area contributed by atoms with Crippen LogP contribution in [0.4, 0.5) is 0 Å². The number of carbonyl (C=O) groups excluding carboxylic acids is 1. The molecule has 1 aliphatic rings. The van der Waals surface area contributed by atoms with Gasteiger partial charge in [0.15, 0.2) is 0 Å². The summed E-state index contributed by atoms with van der Waals surface area (Å²) in [6.45, 7) is 0. The fourth-order valence-corrected chi connectivity index (χ4v) is 2.79. The average molecular weight is 240 g/mol. The first-order chi connectivity index (χ1) is 7.70. The number of carbonyl (C=O) groups is 1. The van der Waals surface area contributed by atoms with Crippen molar-refractivity contribution in [3.63, 3.8) is 0 Å². The smallest absolute Gasteiger partial charge is 0.265 e. The zero-order chi connectivity index (χ0) is 11.5. The van der Waals surface area contributed by atoms with Crippen molar-refractivity contribution in [2.45, 2.75) is 37.8 Å². The van der Waals surface area contributed by atoms with Gasteiger partial charge in [-0.05, 0) is 12.8 Å². The van der Waals surface area contributed by atoms with Crippen LogP contribution in [0.2, 0.25) is 0 Å². The van der Waals surface area contributed by atoms with Crippen LogP contribution in [0.3, 0.4) is 0 Å². The van der Waals surface area contributed by atoms with Gasteiger partial charge in [-0.1, -0.05) is 12.8 Å². The predicted molar refractivity (Wildman–Crippen MR) is 62.5 cm³/mol. The number of thiazole rings is 1. The number of aromatic nitrogens is 1. The molecular weight excluding hydrogens is 224 g/mol. The Morgan fingerprint density at radius 1 is 1.56 bits per heavy atom. The molecule has 2 unspecified atom stereocenters. The number of amides is 1. The zero-order valence-electron chi connectivity index (χ0n) is 9.30. The van der Waals surface area contributed by atoms with Gasteiger partial charge in [0.1, 0.15) is 4.88 Å². The molecule has 1 aromatic rings. The summed E-state index contributed by atoms with van der Waals surface area (Å²) in [6.07, 6.45) is 5.03. The molecule has 2 rings (SSSR count). The minimum atomic E-state index is -0.379. The molecule has 4 nitrogen and oxygen atoms in total. The number of nitrogens with zero attached hydrogens (tertiary/aromatic N) is 2. The number of hydrogen-bond donors (Lipinski definition) is 1. The second-order valence-electron chi connectivity index (χ2n) is 4.20.